The van der Waals surface area contributed by atoms with E-state index in [1.165, 1.54) is 11.1 Å². The van der Waals surface area contributed by atoms with Crippen LogP contribution in [0.1, 0.15) is 26.3 Å². The molecule has 2 rings (SSSR count). The van der Waals surface area contributed by atoms with E-state index in [9.17, 15) is 0 Å². The average molecular weight is 226 g/mol. The van der Waals surface area contributed by atoms with E-state index >= 15 is 0 Å². The minimum atomic E-state index is 0.0974. The van der Waals surface area contributed by atoms with Gasteiger partial charge in [0.2, 0.25) is 0 Å². The Bertz CT molecular complexity index is 499. The average Bonchev–Trinajstić information content (AvgIpc) is 2.27. The Morgan fingerprint density at radius 3 is 2.53 bits per heavy atom. The summed E-state index contributed by atoms with van der Waals surface area (Å²) in [6.07, 6.45) is 5.74. The molecule has 0 aromatic heterocycles. The Morgan fingerprint density at radius 1 is 1.18 bits per heavy atom. The molecular weight excluding hydrogens is 208 g/mol. The van der Waals surface area contributed by atoms with Gasteiger partial charge in [0.15, 0.2) is 0 Å². The Labute approximate surface area is 103 Å². The van der Waals surface area contributed by atoms with Crippen molar-refractivity contribution in [2.24, 2.45) is 5.41 Å². The Kier molecular flexibility index (Phi) is 2.93. The van der Waals surface area contributed by atoms with Gasteiger partial charge in [0.25, 0.3) is 0 Å². The van der Waals surface area contributed by atoms with Gasteiger partial charge in [-0.1, -0.05) is 51.6 Å². The molecule has 0 fully saturated rings. The summed E-state index contributed by atoms with van der Waals surface area (Å²) in [5.74, 6) is 1.77. The van der Waals surface area contributed by atoms with Crippen LogP contribution in [0.4, 0.5) is 0 Å². The number of hydrogen-bond acceptors (Lipinski definition) is 1. The lowest BCUT2D eigenvalue weighted by Gasteiger charge is -2.29. The molecule has 0 spiro atoms. The first-order chi connectivity index (χ1) is 8.02. The molecule has 0 atom stereocenters. The molecule has 1 aromatic carbocycles. The van der Waals surface area contributed by atoms with Crippen molar-refractivity contribution in [3.8, 4) is 5.75 Å². The van der Waals surface area contributed by atoms with Gasteiger partial charge in [-0.25, -0.2) is 0 Å². The highest BCUT2D eigenvalue weighted by molar-refractivity contribution is 5.77. The number of fused-ring (bicyclic) bond motifs is 1. The van der Waals surface area contributed by atoms with Crippen molar-refractivity contribution in [2.45, 2.75) is 20.8 Å². The molecule has 0 radical (unpaired) electrons. The maximum atomic E-state index is 5.81. The number of allylic oxidation sites excluding steroid dienone is 4. The summed E-state index contributed by atoms with van der Waals surface area (Å²) in [6.45, 7) is 10.4. The molecule has 1 heteroatoms. The number of hydrogen-bond donors (Lipinski definition) is 0. The van der Waals surface area contributed by atoms with Crippen LogP contribution >= 0.6 is 0 Å². The molecule has 0 unspecified atom stereocenters. The molecule has 88 valence electrons. The fraction of sp³-hybridized carbons (Fsp3) is 0.250. The van der Waals surface area contributed by atoms with E-state index < -0.39 is 0 Å². The van der Waals surface area contributed by atoms with Crippen molar-refractivity contribution in [1.82, 2.24) is 0 Å². The van der Waals surface area contributed by atoms with Gasteiger partial charge in [0.1, 0.15) is 11.5 Å². The normalized spacial score (nSPS) is 17.1. The maximum absolute atomic E-state index is 5.81. The van der Waals surface area contributed by atoms with E-state index in [-0.39, 0.29) is 5.41 Å². The third-order valence-electron chi connectivity index (χ3n) is 2.78. The second-order valence-electron chi connectivity index (χ2n) is 5.21. The number of para-hydroxylation sites is 1. The number of ether oxygens (including phenoxy) is 1. The SMILES string of the molecule is C=CC=C1C=C(C(C)(C)C)c2ccccc2O1. The van der Waals surface area contributed by atoms with Crippen molar-refractivity contribution < 1.29 is 4.74 Å². The maximum Gasteiger partial charge on any atom is 0.134 e. The summed E-state index contributed by atoms with van der Waals surface area (Å²) >= 11 is 0. The molecule has 1 aliphatic rings. The minimum absolute atomic E-state index is 0.0974. The molecule has 1 aliphatic heterocycles. The highest BCUT2D eigenvalue weighted by Gasteiger charge is 2.25. The van der Waals surface area contributed by atoms with Crippen LogP contribution in [0.15, 0.2) is 54.8 Å². The summed E-state index contributed by atoms with van der Waals surface area (Å²) in [4.78, 5) is 0. The van der Waals surface area contributed by atoms with Crippen molar-refractivity contribution in [3.05, 3.63) is 60.4 Å². The molecule has 0 saturated carbocycles. The molecule has 0 amide bonds. The zero-order valence-corrected chi connectivity index (χ0v) is 10.7. The fourth-order valence-corrected chi connectivity index (χ4v) is 1.97. The predicted molar refractivity (Wildman–Crippen MR) is 72.8 cm³/mol. The molecule has 1 aromatic rings. The van der Waals surface area contributed by atoms with Crippen LogP contribution in [-0.2, 0) is 0 Å². The molecule has 1 heterocycles. The van der Waals surface area contributed by atoms with Crippen LogP contribution in [0.2, 0.25) is 0 Å². The van der Waals surface area contributed by atoms with Crippen LogP contribution in [0.5, 0.6) is 5.75 Å². The Balaban J connectivity index is 2.59. The Hall–Kier alpha value is -1.76. The van der Waals surface area contributed by atoms with Gasteiger partial charge in [-0.2, -0.15) is 0 Å². The van der Waals surface area contributed by atoms with Gasteiger partial charge in [-0.3, -0.25) is 0 Å². The highest BCUT2D eigenvalue weighted by atomic mass is 16.5. The third kappa shape index (κ3) is 2.33. The topological polar surface area (TPSA) is 9.23 Å². The van der Waals surface area contributed by atoms with E-state index in [4.69, 9.17) is 4.74 Å². The largest absolute Gasteiger partial charge is 0.457 e. The second-order valence-corrected chi connectivity index (χ2v) is 5.21. The Morgan fingerprint density at radius 2 is 1.88 bits per heavy atom. The van der Waals surface area contributed by atoms with Crippen molar-refractivity contribution in [3.63, 3.8) is 0 Å². The predicted octanol–water partition coefficient (Wildman–Crippen LogP) is 4.58. The molecule has 1 nitrogen and oxygen atoms in total. The van der Waals surface area contributed by atoms with Crippen LogP contribution in [-0.4, -0.2) is 0 Å². The van der Waals surface area contributed by atoms with Crippen molar-refractivity contribution >= 4 is 5.57 Å². The third-order valence-corrected chi connectivity index (χ3v) is 2.78. The van der Waals surface area contributed by atoms with Crippen LogP contribution in [0.25, 0.3) is 5.57 Å². The first-order valence-electron chi connectivity index (χ1n) is 5.84. The quantitative estimate of drug-likeness (QED) is 0.681. The fourth-order valence-electron chi connectivity index (χ4n) is 1.97. The van der Waals surface area contributed by atoms with Gasteiger partial charge in [-0.05, 0) is 29.2 Å². The smallest absolute Gasteiger partial charge is 0.134 e. The molecule has 0 bridgehead atoms. The highest BCUT2D eigenvalue weighted by Crippen LogP contribution is 2.42. The van der Waals surface area contributed by atoms with Gasteiger partial charge in [0.05, 0.1) is 0 Å². The van der Waals surface area contributed by atoms with E-state index in [1.54, 1.807) is 6.08 Å². The lowest BCUT2D eigenvalue weighted by Crippen LogP contribution is -2.14. The summed E-state index contributed by atoms with van der Waals surface area (Å²) < 4.78 is 5.81. The first-order valence-corrected chi connectivity index (χ1v) is 5.84. The molecule has 0 aliphatic carbocycles. The van der Waals surface area contributed by atoms with Gasteiger partial charge in [-0.15, -0.1) is 0 Å². The van der Waals surface area contributed by atoms with Crippen LogP contribution in [0, 0.1) is 5.41 Å². The van der Waals surface area contributed by atoms with E-state index in [2.05, 4.69) is 39.5 Å². The number of rotatable bonds is 1. The van der Waals surface area contributed by atoms with Crippen LogP contribution in [0.3, 0.4) is 0 Å². The van der Waals surface area contributed by atoms with Gasteiger partial charge < -0.3 is 4.74 Å². The van der Waals surface area contributed by atoms with E-state index in [1.807, 2.05) is 24.3 Å². The standard InChI is InChI=1S/C16H18O/c1-5-8-12-11-14(16(2,3)4)13-9-6-7-10-15(13)17-12/h5-11H,1H2,2-4H3. The molecule has 0 N–H and O–H groups in total. The lowest BCUT2D eigenvalue weighted by molar-refractivity contribution is 0.430. The summed E-state index contributed by atoms with van der Waals surface area (Å²) in [5, 5.41) is 0. The monoisotopic (exact) mass is 226 g/mol. The molecular formula is C16H18O. The zero-order chi connectivity index (χ0) is 12.5. The van der Waals surface area contributed by atoms with Crippen molar-refractivity contribution in [1.29, 1.82) is 0 Å². The molecule has 17 heavy (non-hydrogen) atoms. The lowest BCUT2D eigenvalue weighted by atomic mass is 9.80. The van der Waals surface area contributed by atoms with Gasteiger partial charge >= 0.3 is 0 Å². The van der Waals surface area contributed by atoms with Crippen LogP contribution < -0.4 is 4.74 Å². The van der Waals surface area contributed by atoms with Crippen molar-refractivity contribution in [2.75, 3.05) is 0 Å². The second kappa shape index (κ2) is 4.25. The summed E-state index contributed by atoms with van der Waals surface area (Å²) in [6, 6.07) is 8.15. The number of benzene rings is 1. The zero-order valence-electron chi connectivity index (χ0n) is 10.7. The van der Waals surface area contributed by atoms with E-state index in [0.29, 0.717) is 0 Å². The van der Waals surface area contributed by atoms with E-state index in [0.717, 1.165) is 11.5 Å². The van der Waals surface area contributed by atoms with Gasteiger partial charge in [0, 0.05) is 5.56 Å². The first kappa shape index (κ1) is 11.7. The summed E-state index contributed by atoms with van der Waals surface area (Å²) in [5.41, 5.74) is 2.58. The molecule has 0 saturated heterocycles. The minimum Gasteiger partial charge on any atom is -0.457 e. The summed E-state index contributed by atoms with van der Waals surface area (Å²) in [7, 11) is 0.